The zero-order chi connectivity index (χ0) is 24.8. The van der Waals surface area contributed by atoms with Crippen molar-refractivity contribution in [2.45, 2.75) is 58.6 Å². The third-order valence-electron chi connectivity index (χ3n) is 6.35. The lowest BCUT2D eigenvalue weighted by Crippen LogP contribution is -2.20. The van der Waals surface area contributed by atoms with Crippen LogP contribution in [-0.2, 0) is 15.3 Å². The molecule has 3 atom stereocenters. The van der Waals surface area contributed by atoms with Gasteiger partial charge in [-0.1, -0.05) is 13.8 Å². The predicted octanol–water partition coefficient (Wildman–Crippen LogP) is 5.95. The normalized spacial score (nSPS) is 21.2. The van der Waals surface area contributed by atoms with Crippen LogP contribution in [0.1, 0.15) is 75.3 Å². The summed E-state index contributed by atoms with van der Waals surface area (Å²) in [7, 11) is 0. The van der Waals surface area contributed by atoms with Crippen LogP contribution in [0.15, 0.2) is 30.0 Å². The number of anilines is 1. The fourth-order valence-electron chi connectivity index (χ4n) is 4.68. The Bertz CT molecular complexity index is 1130. The van der Waals surface area contributed by atoms with Crippen LogP contribution in [0.2, 0.25) is 0 Å². The summed E-state index contributed by atoms with van der Waals surface area (Å²) in [5.41, 5.74) is 2.93. The van der Waals surface area contributed by atoms with Gasteiger partial charge in [-0.3, -0.25) is 9.93 Å². The van der Waals surface area contributed by atoms with Crippen LogP contribution in [-0.4, -0.2) is 35.0 Å². The Labute approximate surface area is 219 Å². The molecule has 2 aliphatic rings. The summed E-state index contributed by atoms with van der Waals surface area (Å²) in [6.45, 7) is 7.40. The molecule has 3 N–H and O–H groups in total. The number of rotatable bonds is 8. The Hall–Kier alpha value is -1.82. The highest BCUT2D eigenvalue weighted by molar-refractivity contribution is 7.92. The Morgan fingerprint density at radius 3 is 3.06 bits per heavy atom. The molecule has 3 aromatic rings. The van der Waals surface area contributed by atoms with Crippen molar-refractivity contribution in [3.63, 3.8) is 0 Å². The van der Waals surface area contributed by atoms with Gasteiger partial charge in [-0.25, -0.2) is 9.97 Å². The van der Waals surface area contributed by atoms with Crippen LogP contribution in [0.5, 0.6) is 0 Å². The Morgan fingerprint density at radius 2 is 2.23 bits per heavy atom. The van der Waals surface area contributed by atoms with Gasteiger partial charge < -0.3 is 14.2 Å². The molecule has 1 aliphatic heterocycles. The molecule has 0 bridgehead atoms. The van der Waals surface area contributed by atoms with Gasteiger partial charge in [0, 0.05) is 27.6 Å². The molecule has 0 spiro atoms. The molecule has 0 saturated heterocycles. The van der Waals surface area contributed by atoms with E-state index in [1.165, 1.54) is 28.1 Å². The highest BCUT2D eigenvalue weighted by atomic mass is 32.2. The molecule has 3 unspecified atom stereocenters. The van der Waals surface area contributed by atoms with Gasteiger partial charge in [0.25, 0.3) is 0 Å². The van der Waals surface area contributed by atoms with E-state index in [0.717, 1.165) is 48.4 Å². The monoisotopic (exact) mass is 532 g/mol. The van der Waals surface area contributed by atoms with Crippen LogP contribution in [0.3, 0.4) is 0 Å². The number of ether oxygens (including phenoxy) is 1. The van der Waals surface area contributed by atoms with E-state index in [0.29, 0.717) is 35.4 Å². The second-order valence-corrected chi connectivity index (χ2v) is 11.1. The van der Waals surface area contributed by atoms with E-state index >= 15 is 0 Å². The molecule has 1 fully saturated rings. The highest BCUT2D eigenvalue weighted by Gasteiger charge is 2.30. The maximum atomic E-state index is 13.5. The largest absolute Gasteiger partial charge is 0.368 e. The van der Waals surface area contributed by atoms with Gasteiger partial charge in [-0.15, -0.1) is 22.7 Å². The van der Waals surface area contributed by atoms with Gasteiger partial charge in [0.2, 0.25) is 5.78 Å². The van der Waals surface area contributed by atoms with Crippen LogP contribution >= 0.6 is 34.9 Å². The van der Waals surface area contributed by atoms with E-state index in [-0.39, 0.29) is 17.9 Å². The quantitative estimate of drug-likeness (QED) is 0.209. The van der Waals surface area contributed by atoms with E-state index in [9.17, 15) is 4.79 Å². The fraction of sp³-hybridized carbons (Fsp3) is 0.480. The molecule has 35 heavy (non-hydrogen) atoms. The van der Waals surface area contributed by atoms with Crippen molar-refractivity contribution >= 4 is 46.5 Å². The number of ketones is 1. The minimum Gasteiger partial charge on any atom is -0.368 e. The van der Waals surface area contributed by atoms with Crippen molar-refractivity contribution in [3.8, 4) is 0 Å². The summed E-state index contributed by atoms with van der Waals surface area (Å²) in [6, 6.07) is 4.42. The number of hydrogen-bond donors (Lipinski definition) is 2. The third-order valence-corrected chi connectivity index (χ3v) is 8.69. The smallest absolute Gasteiger partial charge is 0.208 e. The lowest BCUT2D eigenvalue weighted by Gasteiger charge is -2.23. The zero-order valence-electron chi connectivity index (χ0n) is 20.3. The number of fused-ring (bicyclic) bond motifs is 1. The number of nitrogens with two attached hydrogens (primary N) is 1. The Balaban J connectivity index is 0.00000141. The number of carbonyl (C=O) groups excluding carboxylic acids is 1. The standard InChI is InChI=1S/C23H26N4O3S3.C2H6/c1-13-17(21-22-15(4-6-29-21)5-7-31-22)9-19(32-13)20(28)18-10-25-12-26-23(18)27-16-3-2-14(8-16)11-30-33-24;1-2/h5,7,9-10,12,14,16,21H,2-4,6,8,11,24H2,1H3,(H,25,26,27);1-2H3. The van der Waals surface area contributed by atoms with E-state index in [1.54, 1.807) is 17.5 Å². The lowest BCUT2D eigenvalue weighted by molar-refractivity contribution is 0.0727. The molecule has 188 valence electrons. The summed E-state index contributed by atoms with van der Waals surface area (Å²) in [4.78, 5) is 25.1. The Morgan fingerprint density at radius 1 is 1.37 bits per heavy atom. The van der Waals surface area contributed by atoms with Gasteiger partial charge in [-0.05, 0) is 61.6 Å². The molecule has 1 aliphatic carbocycles. The third kappa shape index (κ3) is 5.95. The topological polar surface area (TPSA) is 99.4 Å². The summed E-state index contributed by atoms with van der Waals surface area (Å²) >= 11 is 4.15. The van der Waals surface area contributed by atoms with Crippen LogP contribution in [0.25, 0.3) is 0 Å². The van der Waals surface area contributed by atoms with Crippen LogP contribution in [0, 0.1) is 12.8 Å². The van der Waals surface area contributed by atoms with Crippen molar-refractivity contribution in [1.29, 1.82) is 0 Å². The number of aryl methyl sites for hydroxylation is 1. The molecule has 1 saturated carbocycles. The first-order chi connectivity index (χ1) is 17.1. The van der Waals surface area contributed by atoms with Crippen molar-refractivity contribution in [1.82, 2.24) is 9.97 Å². The summed E-state index contributed by atoms with van der Waals surface area (Å²) in [6.07, 6.45) is 6.97. The number of carbonyl (C=O) groups is 1. The fourth-order valence-corrected chi connectivity index (χ4v) is 6.97. The zero-order valence-corrected chi connectivity index (χ0v) is 22.7. The summed E-state index contributed by atoms with van der Waals surface area (Å²) in [5, 5.41) is 11.0. The second kappa shape index (κ2) is 12.4. The molecule has 0 aromatic carbocycles. The lowest BCUT2D eigenvalue weighted by atomic mass is 10.0. The minimum atomic E-state index is -0.0968. The molecule has 5 rings (SSSR count). The van der Waals surface area contributed by atoms with E-state index in [1.807, 2.05) is 19.9 Å². The average Bonchev–Trinajstić information content (AvgIpc) is 3.64. The van der Waals surface area contributed by atoms with Crippen LogP contribution < -0.4 is 10.5 Å². The minimum absolute atomic E-state index is 0.0583. The Kier molecular flexibility index (Phi) is 9.32. The number of nitrogens with zero attached hydrogens (tertiary/aromatic N) is 2. The van der Waals surface area contributed by atoms with E-state index in [4.69, 9.17) is 14.1 Å². The first kappa shape index (κ1) is 26.2. The van der Waals surface area contributed by atoms with E-state index < -0.39 is 0 Å². The summed E-state index contributed by atoms with van der Waals surface area (Å²) in [5.74, 6) is 0.994. The van der Waals surface area contributed by atoms with Crippen molar-refractivity contribution < 1.29 is 13.7 Å². The van der Waals surface area contributed by atoms with Gasteiger partial charge in [0.1, 0.15) is 18.2 Å². The second-order valence-electron chi connectivity index (χ2n) is 8.45. The molecule has 10 heteroatoms. The first-order valence-corrected chi connectivity index (χ1v) is 14.5. The molecule has 0 amide bonds. The molecular formula is C25H32N4O3S3. The number of thiophene rings is 2. The number of aromatic nitrogens is 2. The maximum absolute atomic E-state index is 13.5. The molecule has 4 heterocycles. The van der Waals surface area contributed by atoms with Crippen molar-refractivity contribution in [2.75, 3.05) is 18.5 Å². The highest BCUT2D eigenvalue weighted by Crippen LogP contribution is 2.40. The van der Waals surface area contributed by atoms with Crippen LogP contribution in [0.4, 0.5) is 5.82 Å². The molecule has 0 radical (unpaired) electrons. The van der Waals surface area contributed by atoms with Gasteiger partial charge >= 0.3 is 0 Å². The summed E-state index contributed by atoms with van der Waals surface area (Å²) < 4.78 is 11.4. The molecule has 3 aromatic heterocycles. The average molecular weight is 533 g/mol. The first-order valence-electron chi connectivity index (χ1n) is 12.0. The number of hydrogen-bond acceptors (Lipinski definition) is 10. The SMILES string of the molecule is CC.Cc1sc(C(=O)c2cncnc2NC2CCC(COSN)C2)cc1C1OCCc2ccsc21. The maximum Gasteiger partial charge on any atom is 0.208 e. The van der Waals surface area contributed by atoms with Crippen molar-refractivity contribution in [2.24, 2.45) is 11.1 Å². The van der Waals surface area contributed by atoms with Gasteiger partial charge in [-0.2, -0.15) is 0 Å². The molecule has 7 nitrogen and oxygen atoms in total. The molecular weight excluding hydrogens is 501 g/mol. The van der Waals surface area contributed by atoms with Gasteiger partial charge in [0.05, 0.1) is 35.9 Å². The predicted molar refractivity (Wildman–Crippen MR) is 144 cm³/mol. The van der Waals surface area contributed by atoms with Gasteiger partial charge in [0.15, 0.2) is 0 Å². The van der Waals surface area contributed by atoms with Crippen molar-refractivity contribution in [3.05, 3.63) is 61.4 Å². The van der Waals surface area contributed by atoms with E-state index in [2.05, 4.69) is 33.7 Å². The number of nitrogens with one attached hydrogen (secondary N) is 1.